The van der Waals surface area contributed by atoms with E-state index in [1.54, 1.807) is 36.7 Å². The van der Waals surface area contributed by atoms with Gasteiger partial charge in [0.2, 0.25) is 5.43 Å². The number of halogens is 1. The highest BCUT2D eigenvalue weighted by molar-refractivity contribution is 9.10. The first-order valence-electron chi connectivity index (χ1n) is 5.87. The molecule has 5 nitrogen and oxygen atoms in total. The van der Waals surface area contributed by atoms with Crippen LogP contribution in [-0.2, 0) is 0 Å². The number of benzene rings is 1. The third kappa shape index (κ3) is 1.48. The molecule has 1 aliphatic heterocycles. The summed E-state index contributed by atoms with van der Waals surface area (Å²) in [5, 5.41) is 0.659. The fraction of sp³-hybridized carbons (Fsp3) is 0. The maximum absolute atomic E-state index is 12.3. The molecule has 3 heterocycles. The van der Waals surface area contributed by atoms with Crippen molar-refractivity contribution in [3.8, 4) is 11.5 Å². The van der Waals surface area contributed by atoms with Crippen molar-refractivity contribution >= 4 is 38.1 Å². The molecule has 2 aromatic heterocycles. The van der Waals surface area contributed by atoms with E-state index in [4.69, 9.17) is 4.42 Å². The molecule has 0 fully saturated rings. The molecular weight excluding hydrogens is 322 g/mol. The van der Waals surface area contributed by atoms with Crippen LogP contribution in [0.3, 0.4) is 0 Å². The minimum Gasteiger partial charge on any atom is -0.450 e. The predicted molar refractivity (Wildman–Crippen MR) is 77.7 cm³/mol. The Balaban J connectivity index is 2.34. The quantitative estimate of drug-likeness (QED) is 0.367. The lowest BCUT2D eigenvalue weighted by Crippen LogP contribution is -2.08. The van der Waals surface area contributed by atoms with Crippen molar-refractivity contribution in [1.29, 1.82) is 0 Å². The topological polar surface area (TPSA) is 68.9 Å². The third-order valence-electron chi connectivity index (χ3n) is 3.07. The summed E-state index contributed by atoms with van der Waals surface area (Å²) in [7, 11) is 0. The number of aromatic nitrogens is 3. The van der Waals surface area contributed by atoms with Crippen molar-refractivity contribution in [2.24, 2.45) is 0 Å². The molecule has 0 saturated heterocycles. The van der Waals surface area contributed by atoms with Crippen LogP contribution in [0.5, 0.6) is 0 Å². The maximum Gasteiger partial charge on any atom is 0.222 e. The zero-order valence-corrected chi connectivity index (χ0v) is 11.6. The maximum atomic E-state index is 12.3. The smallest absolute Gasteiger partial charge is 0.222 e. The van der Waals surface area contributed by atoms with E-state index in [2.05, 4.69) is 30.9 Å². The first kappa shape index (κ1) is 11.5. The predicted octanol–water partition coefficient (Wildman–Crippen LogP) is 3.00. The Labute approximate surface area is 120 Å². The molecule has 0 amide bonds. The second-order valence-electron chi connectivity index (χ2n) is 4.26. The van der Waals surface area contributed by atoms with Gasteiger partial charge in [0, 0.05) is 17.8 Å². The summed E-state index contributed by atoms with van der Waals surface area (Å²) in [6.07, 6.45) is 3.23. The summed E-state index contributed by atoms with van der Waals surface area (Å²) >= 11 is 3.28. The van der Waals surface area contributed by atoms with E-state index in [1.807, 2.05) is 0 Å². The van der Waals surface area contributed by atoms with Crippen LogP contribution in [-0.4, -0.2) is 15.0 Å². The van der Waals surface area contributed by atoms with Crippen molar-refractivity contribution in [3.05, 3.63) is 51.4 Å². The minimum atomic E-state index is -0.207. The summed E-state index contributed by atoms with van der Waals surface area (Å²) in [5.74, 6) is 0.413. The molecule has 0 saturated carbocycles. The lowest BCUT2D eigenvalue weighted by Gasteiger charge is -2.09. The van der Waals surface area contributed by atoms with E-state index in [1.165, 1.54) is 0 Å². The Kier molecular flexibility index (Phi) is 2.34. The van der Waals surface area contributed by atoms with E-state index < -0.39 is 0 Å². The third-order valence-corrected chi connectivity index (χ3v) is 3.79. The lowest BCUT2D eigenvalue weighted by molar-refractivity contribution is 0.609. The normalized spacial score (nSPS) is 11.4. The van der Waals surface area contributed by atoms with Gasteiger partial charge in [0.1, 0.15) is 15.7 Å². The Morgan fingerprint density at radius 2 is 1.90 bits per heavy atom. The molecule has 2 aliphatic rings. The summed E-state index contributed by atoms with van der Waals surface area (Å²) in [5.41, 5.74) is 1.76. The molecule has 0 radical (unpaired) electrons. The molecule has 2 aromatic rings. The highest BCUT2D eigenvalue weighted by Crippen LogP contribution is 2.33. The molecule has 6 heteroatoms. The summed E-state index contributed by atoms with van der Waals surface area (Å²) < 4.78 is 6.10. The molecular formula is C14H6BrN3O2. The zero-order chi connectivity index (χ0) is 13.7. The lowest BCUT2D eigenvalue weighted by atomic mass is 10.1. The van der Waals surface area contributed by atoms with Crippen LogP contribution in [0.4, 0.5) is 0 Å². The van der Waals surface area contributed by atoms with Crippen LogP contribution < -0.4 is 5.43 Å². The van der Waals surface area contributed by atoms with E-state index in [-0.39, 0.29) is 5.43 Å². The van der Waals surface area contributed by atoms with Crippen LogP contribution >= 0.6 is 15.9 Å². The minimum absolute atomic E-state index is 0.207. The van der Waals surface area contributed by atoms with Crippen molar-refractivity contribution in [2.45, 2.75) is 0 Å². The van der Waals surface area contributed by atoms with Crippen LogP contribution in [0.2, 0.25) is 0 Å². The van der Waals surface area contributed by atoms with E-state index >= 15 is 0 Å². The molecule has 0 unspecified atom stereocenters. The SMILES string of the molecule is O=c1c(Br)c2oc3cccnc3nc-2c2cccnc12. The van der Waals surface area contributed by atoms with Crippen molar-refractivity contribution in [2.75, 3.05) is 0 Å². The van der Waals surface area contributed by atoms with Gasteiger partial charge in [-0.15, -0.1) is 0 Å². The Morgan fingerprint density at radius 3 is 2.80 bits per heavy atom. The number of nitrogens with zero attached hydrogens (tertiary/aromatic N) is 3. The van der Waals surface area contributed by atoms with E-state index in [9.17, 15) is 4.79 Å². The first-order chi connectivity index (χ1) is 9.75. The fourth-order valence-electron chi connectivity index (χ4n) is 2.18. The number of hydrogen-bond donors (Lipinski definition) is 0. The summed E-state index contributed by atoms with van der Waals surface area (Å²) in [4.78, 5) is 25.1. The molecule has 96 valence electrons. The van der Waals surface area contributed by atoms with Crippen LogP contribution in [0.15, 0.2) is 50.3 Å². The van der Waals surface area contributed by atoms with Gasteiger partial charge in [0.25, 0.3) is 0 Å². The average molecular weight is 328 g/mol. The van der Waals surface area contributed by atoms with E-state index in [0.717, 1.165) is 0 Å². The van der Waals surface area contributed by atoms with Crippen molar-refractivity contribution in [3.63, 3.8) is 0 Å². The van der Waals surface area contributed by atoms with Gasteiger partial charge in [-0.25, -0.2) is 9.97 Å². The molecule has 0 atom stereocenters. The standard InChI is InChI=1S/C14H6BrN3O2/c15-9-12(19)10-7(3-1-5-16-10)11-13(9)20-8-4-2-6-17-14(8)18-11/h1-6H. The van der Waals surface area contributed by atoms with Crippen molar-refractivity contribution < 1.29 is 4.42 Å². The number of hydrogen-bond acceptors (Lipinski definition) is 5. The molecule has 0 spiro atoms. The molecule has 0 aromatic carbocycles. The average Bonchev–Trinajstić information content (AvgIpc) is 2.51. The van der Waals surface area contributed by atoms with Crippen LogP contribution in [0, 0.1) is 0 Å². The van der Waals surface area contributed by atoms with Gasteiger partial charge < -0.3 is 4.42 Å². The molecule has 1 aliphatic carbocycles. The molecule has 20 heavy (non-hydrogen) atoms. The summed E-state index contributed by atoms with van der Waals surface area (Å²) in [6.45, 7) is 0. The van der Waals surface area contributed by atoms with Gasteiger partial charge in [-0.3, -0.25) is 9.78 Å². The highest BCUT2D eigenvalue weighted by Gasteiger charge is 2.21. The molecule has 0 bridgehead atoms. The van der Waals surface area contributed by atoms with Crippen LogP contribution in [0.1, 0.15) is 0 Å². The highest BCUT2D eigenvalue weighted by atomic mass is 79.9. The number of rotatable bonds is 0. The Morgan fingerprint density at radius 1 is 1.10 bits per heavy atom. The Bertz CT molecular complexity index is 996. The fourth-order valence-corrected chi connectivity index (χ4v) is 2.63. The largest absolute Gasteiger partial charge is 0.450 e. The second kappa shape index (κ2) is 4.08. The first-order valence-corrected chi connectivity index (χ1v) is 6.67. The number of fused-ring (bicyclic) bond motifs is 4. The van der Waals surface area contributed by atoms with Gasteiger partial charge in [-0.1, -0.05) is 0 Å². The molecule has 4 rings (SSSR count). The number of pyridine rings is 2. The van der Waals surface area contributed by atoms with E-state index in [0.29, 0.717) is 38.1 Å². The van der Waals surface area contributed by atoms with Gasteiger partial charge in [0.05, 0.1) is 0 Å². The van der Waals surface area contributed by atoms with Crippen molar-refractivity contribution in [1.82, 2.24) is 15.0 Å². The summed E-state index contributed by atoms with van der Waals surface area (Å²) in [6, 6.07) is 7.09. The van der Waals surface area contributed by atoms with Gasteiger partial charge >= 0.3 is 0 Å². The van der Waals surface area contributed by atoms with Gasteiger partial charge in [-0.2, -0.15) is 0 Å². The molecule has 0 N–H and O–H groups in total. The van der Waals surface area contributed by atoms with Gasteiger partial charge in [-0.05, 0) is 40.2 Å². The Hall–Kier alpha value is -2.34. The monoisotopic (exact) mass is 327 g/mol. The zero-order valence-electron chi connectivity index (χ0n) is 10.0. The van der Waals surface area contributed by atoms with Gasteiger partial charge in [0.15, 0.2) is 17.0 Å². The van der Waals surface area contributed by atoms with Crippen LogP contribution in [0.25, 0.3) is 33.6 Å². The second-order valence-corrected chi connectivity index (χ2v) is 5.05.